The van der Waals surface area contributed by atoms with Crippen molar-refractivity contribution in [3.63, 3.8) is 0 Å². The highest BCUT2D eigenvalue weighted by Gasteiger charge is 2.44. The fourth-order valence-corrected chi connectivity index (χ4v) is 3.09. The third-order valence-corrected chi connectivity index (χ3v) is 3.84. The first kappa shape index (κ1) is 10.7. The van der Waals surface area contributed by atoms with Crippen LogP contribution in [0, 0.1) is 11.3 Å². The van der Waals surface area contributed by atoms with E-state index in [2.05, 4.69) is 10.3 Å². The quantitative estimate of drug-likeness (QED) is 0.755. The number of hydrogen-bond acceptors (Lipinski definition) is 4. The van der Waals surface area contributed by atoms with Gasteiger partial charge in [0.05, 0.1) is 5.69 Å². The second-order valence-electron chi connectivity index (χ2n) is 5.10. The van der Waals surface area contributed by atoms with Crippen LogP contribution in [0.15, 0.2) is 18.2 Å². The maximum atomic E-state index is 10.7. The molecule has 0 aliphatic carbocycles. The monoisotopic (exact) mass is 229 g/mol. The molecule has 2 saturated heterocycles. The van der Waals surface area contributed by atoms with Crippen molar-refractivity contribution in [1.82, 2.24) is 10.3 Å². The summed E-state index contributed by atoms with van der Waals surface area (Å²) in [4.78, 5) is 4.24. The molecule has 2 N–H and O–H groups in total. The third-order valence-electron chi connectivity index (χ3n) is 3.84. The van der Waals surface area contributed by atoms with Gasteiger partial charge in [0, 0.05) is 12.1 Å². The smallest absolute Gasteiger partial charge is 0.140 e. The predicted molar refractivity (Wildman–Crippen MR) is 62.0 cm³/mol. The first-order valence-corrected chi connectivity index (χ1v) is 6.06. The van der Waals surface area contributed by atoms with Crippen LogP contribution in [0.2, 0.25) is 0 Å². The molecule has 0 amide bonds. The van der Waals surface area contributed by atoms with Crippen LogP contribution in [0.4, 0.5) is 0 Å². The van der Waals surface area contributed by atoms with Gasteiger partial charge in [-0.1, -0.05) is 6.07 Å². The average Bonchev–Trinajstić information content (AvgIpc) is 2.69. The summed E-state index contributed by atoms with van der Waals surface area (Å²) in [6, 6.07) is 8.10. The summed E-state index contributed by atoms with van der Waals surface area (Å²) in [6.45, 7) is 0. The summed E-state index contributed by atoms with van der Waals surface area (Å²) in [5, 5.41) is 23.1. The van der Waals surface area contributed by atoms with Crippen molar-refractivity contribution < 1.29 is 5.11 Å². The van der Waals surface area contributed by atoms with Crippen molar-refractivity contribution in [2.24, 2.45) is 0 Å². The van der Waals surface area contributed by atoms with E-state index in [1.807, 2.05) is 12.1 Å². The zero-order chi connectivity index (χ0) is 11.9. The van der Waals surface area contributed by atoms with Gasteiger partial charge in [0.2, 0.25) is 0 Å². The third kappa shape index (κ3) is 1.82. The van der Waals surface area contributed by atoms with Crippen molar-refractivity contribution in [1.29, 1.82) is 5.26 Å². The van der Waals surface area contributed by atoms with E-state index in [9.17, 15) is 5.11 Å². The lowest BCUT2D eigenvalue weighted by molar-refractivity contribution is -0.0153. The van der Waals surface area contributed by atoms with E-state index >= 15 is 0 Å². The van der Waals surface area contributed by atoms with E-state index in [-0.39, 0.29) is 0 Å². The minimum absolute atomic E-state index is 0.377. The molecule has 1 aromatic rings. The van der Waals surface area contributed by atoms with E-state index < -0.39 is 5.60 Å². The molecule has 17 heavy (non-hydrogen) atoms. The Morgan fingerprint density at radius 2 is 2.06 bits per heavy atom. The van der Waals surface area contributed by atoms with Gasteiger partial charge >= 0.3 is 0 Å². The summed E-state index contributed by atoms with van der Waals surface area (Å²) in [6.07, 6.45) is 3.66. The zero-order valence-corrected chi connectivity index (χ0v) is 9.56. The van der Waals surface area contributed by atoms with Crippen molar-refractivity contribution >= 4 is 0 Å². The van der Waals surface area contributed by atoms with Crippen molar-refractivity contribution in [3.8, 4) is 6.07 Å². The minimum Gasteiger partial charge on any atom is -0.383 e. The first-order valence-electron chi connectivity index (χ1n) is 6.06. The van der Waals surface area contributed by atoms with Crippen LogP contribution in [-0.4, -0.2) is 22.2 Å². The Labute approximate surface area is 100 Å². The van der Waals surface area contributed by atoms with Gasteiger partial charge in [0.25, 0.3) is 0 Å². The maximum absolute atomic E-state index is 10.7. The Balaban J connectivity index is 1.94. The fourth-order valence-electron chi connectivity index (χ4n) is 3.09. The standard InChI is InChI=1S/C13H15N3O/c14-8-11-2-1-3-12(16-11)13(17)6-9-4-5-10(7-13)15-9/h1-3,9-10,15,17H,4-7H2. The second kappa shape index (κ2) is 3.80. The molecule has 3 heterocycles. The molecule has 1 aromatic heterocycles. The van der Waals surface area contributed by atoms with Gasteiger partial charge in [-0.2, -0.15) is 5.26 Å². The van der Waals surface area contributed by atoms with E-state index in [0.717, 1.165) is 12.8 Å². The summed E-state index contributed by atoms with van der Waals surface area (Å²) in [5.41, 5.74) is 0.168. The average molecular weight is 229 g/mol. The van der Waals surface area contributed by atoms with Crippen LogP contribution in [0.5, 0.6) is 0 Å². The van der Waals surface area contributed by atoms with Gasteiger partial charge in [0.1, 0.15) is 17.4 Å². The largest absolute Gasteiger partial charge is 0.383 e. The highest BCUT2D eigenvalue weighted by molar-refractivity contribution is 5.26. The van der Waals surface area contributed by atoms with E-state index in [1.165, 1.54) is 0 Å². The summed E-state index contributed by atoms with van der Waals surface area (Å²) in [7, 11) is 0. The number of hydrogen-bond donors (Lipinski definition) is 2. The SMILES string of the molecule is N#Cc1cccc(C2(O)CC3CCC(C2)N3)n1. The molecule has 3 rings (SSSR count). The molecule has 2 unspecified atom stereocenters. The lowest BCUT2D eigenvalue weighted by Crippen LogP contribution is -2.47. The molecule has 4 heteroatoms. The van der Waals surface area contributed by atoms with Crippen molar-refractivity contribution in [2.75, 3.05) is 0 Å². The van der Waals surface area contributed by atoms with Crippen LogP contribution < -0.4 is 5.32 Å². The Morgan fingerprint density at radius 1 is 1.35 bits per heavy atom. The van der Waals surface area contributed by atoms with E-state index in [4.69, 9.17) is 5.26 Å². The van der Waals surface area contributed by atoms with Crippen molar-refractivity contribution in [3.05, 3.63) is 29.6 Å². The highest BCUT2D eigenvalue weighted by Crippen LogP contribution is 2.39. The number of aliphatic hydroxyl groups is 1. The number of fused-ring (bicyclic) bond motifs is 2. The second-order valence-corrected chi connectivity index (χ2v) is 5.10. The molecule has 0 spiro atoms. The summed E-state index contributed by atoms with van der Waals surface area (Å²) >= 11 is 0. The lowest BCUT2D eigenvalue weighted by atomic mass is 9.84. The summed E-state index contributed by atoms with van der Waals surface area (Å²) in [5.74, 6) is 0. The molecule has 0 aromatic carbocycles. The van der Waals surface area contributed by atoms with Crippen LogP contribution in [0.25, 0.3) is 0 Å². The van der Waals surface area contributed by atoms with Gasteiger partial charge in [-0.15, -0.1) is 0 Å². The number of pyridine rings is 1. The number of nitrogens with one attached hydrogen (secondary N) is 1. The lowest BCUT2D eigenvalue weighted by Gasteiger charge is -2.36. The zero-order valence-electron chi connectivity index (χ0n) is 9.56. The van der Waals surface area contributed by atoms with Crippen molar-refractivity contribution in [2.45, 2.75) is 43.4 Å². The van der Waals surface area contributed by atoms with Crippen LogP contribution >= 0.6 is 0 Å². The maximum Gasteiger partial charge on any atom is 0.140 e. The molecular weight excluding hydrogens is 214 g/mol. The molecule has 2 bridgehead atoms. The van der Waals surface area contributed by atoms with Gasteiger partial charge < -0.3 is 10.4 Å². The number of aromatic nitrogens is 1. The van der Waals surface area contributed by atoms with Crippen LogP contribution in [0.3, 0.4) is 0 Å². The minimum atomic E-state index is -0.857. The Kier molecular flexibility index (Phi) is 2.39. The predicted octanol–water partition coefficient (Wildman–Crippen LogP) is 1.06. The van der Waals surface area contributed by atoms with E-state index in [0.29, 0.717) is 36.3 Å². The first-order chi connectivity index (χ1) is 8.19. The fraction of sp³-hybridized carbons (Fsp3) is 0.538. The Bertz CT molecular complexity index is 468. The Hall–Kier alpha value is -1.44. The van der Waals surface area contributed by atoms with Gasteiger partial charge in [-0.25, -0.2) is 4.98 Å². The summed E-state index contributed by atoms with van der Waals surface area (Å²) < 4.78 is 0. The molecular formula is C13H15N3O. The van der Waals surface area contributed by atoms with Gasteiger partial charge in [-0.05, 0) is 37.8 Å². The molecule has 2 aliphatic heterocycles. The highest BCUT2D eigenvalue weighted by atomic mass is 16.3. The number of piperidine rings is 1. The number of nitrogens with zero attached hydrogens (tertiary/aromatic N) is 2. The molecule has 2 aliphatic rings. The Morgan fingerprint density at radius 3 is 2.71 bits per heavy atom. The molecule has 2 fully saturated rings. The van der Waals surface area contributed by atoms with Crippen LogP contribution in [-0.2, 0) is 5.60 Å². The van der Waals surface area contributed by atoms with Gasteiger partial charge in [0.15, 0.2) is 0 Å². The molecule has 88 valence electrons. The molecule has 4 nitrogen and oxygen atoms in total. The molecule has 2 atom stereocenters. The number of rotatable bonds is 1. The molecule has 0 saturated carbocycles. The topological polar surface area (TPSA) is 68.9 Å². The molecule has 0 radical (unpaired) electrons. The van der Waals surface area contributed by atoms with Crippen LogP contribution in [0.1, 0.15) is 37.1 Å². The van der Waals surface area contributed by atoms with Gasteiger partial charge in [-0.3, -0.25) is 0 Å². The normalized spacial score (nSPS) is 35.5. The van der Waals surface area contributed by atoms with E-state index in [1.54, 1.807) is 12.1 Å². The number of nitriles is 1.